The molecule has 11 atom stereocenters. The molecule has 8 nitrogen and oxygen atoms in total. The average molecular weight is 601 g/mol. The van der Waals surface area contributed by atoms with Crippen molar-refractivity contribution >= 4 is 5.97 Å². The fourth-order valence-electron chi connectivity index (χ4n) is 7.62. The van der Waals surface area contributed by atoms with E-state index in [1.54, 1.807) is 19.1 Å². The zero-order chi connectivity index (χ0) is 31.1. The fraction of sp³-hybridized carbons (Fsp3) is 0.743. The Kier molecular flexibility index (Phi) is 9.77. The first-order valence-electron chi connectivity index (χ1n) is 16.4. The lowest BCUT2D eigenvalue weighted by Gasteiger charge is -2.50. The second-order valence-electron chi connectivity index (χ2n) is 13.9. The highest BCUT2D eigenvalue weighted by atomic mass is 16.7. The first-order valence-corrected chi connectivity index (χ1v) is 16.4. The van der Waals surface area contributed by atoms with Gasteiger partial charge in [0, 0.05) is 24.8 Å². The smallest absolute Gasteiger partial charge is 0.316 e. The number of carbonyl (C=O) groups excluding carboxylic acids is 1. The standard InChI is InChI=1S/C35H52O8/c1-8-29-23(6)14-15-34(43-29)19-26-18-25(42-34)13-12-22(5)16-21(4)10-9-11-27-33(39-20(2)3)41-31-30(36)24(7)17-28(32(37)40-26)35(27,31)38/h9-12,17,20-21,23,25-26,28-31,33,36,38H,8,13-16,18-19H2,1-7H3/b10-9+,22-12+,27-11+/t21-,23-,25+,26-,28-,29+,30+,31+,33-,34+,35+/m0/s1. The minimum atomic E-state index is -1.84. The highest BCUT2D eigenvalue weighted by Crippen LogP contribution is 2.49. The number of hydrogen-bond acceptors (Lipinski definition) is 8. The van der Waals surface area contributed by atoms with Crippen molar-refractivity contribution in [2.45, 2.75) is 148 Å². The van der Waals surface area contributed by atoms with Crippen molar-refractivity contribution in [3.05, 3.63) is 47.1 Å². The second kappa shape index (κ2) is 12.9. The van der Waals surface area contributed by atoms with Gasteiger partial charge in [0.25, 0.3) is 0 Å². The van der Waals surface area contributed by atoms with Gasteiger partial charge in [-0.05, 0) is 70.8 Å². The molecular formula is C35H52O8. The van der Waals surface area contributed by atoms with Gasteiger partial charge < -0.3 is 33.9 Å². The summed E-state index contributed by atoms with van der Waals surface area (Å²) in [5.74, 6) is -1.77. The first-order chi connectivity index (χ1) is 20.3. The lowest BCUT2D eigenvalue weighted by Crippen LogP contribution is -2.58. The summed E-state index contributed by atoms with van der Waals surface area (Å²) in [4.78, 5) is 14.2. The molecule has 0 unspecified atom stereocenters. The van der Waals surface area contributed by atoms with E-state index in [9.17, 15) is 15.0 Å². The molecule has 0 radical (unpaired) electrons. The normalized spacial score (nSPS) is 47.2. The zero-order valence-corrected chi connectivity index (χ0v) is 27.0. The Balaban J connectivity index is 1.55. The largest absolute Gasteiger partial charge is 0.462 e. The number of hydrogen-bond donors (Lipinski definition) is 2. The Morgan fingerprint density at radius 2 is 1.93 bits per heavy atom. The van der Waals surface area contributed by atoms with E-state index in [2.05, 4.69) is 39.8 Å². The molecule has 0 aromatic carbocycles. The van der Waals surface area contributed by atoms with Crippen molar-refractivity contribution in [1.82, 2.24) is 0 Å². The molecule has 1 spiro atoms. The topological polar surface area (TPSA) is 104 Å². The van der Waals surface area contributed by atoms with E-state index in [0.29, 0.717) is 36.3 Å². The molecule has 1 aliphatic carbocycles. The van der Waals surface area contributed by atoms with E-state index in [-0.39, 0.29) is 24.2 Å². The van der Waals surface area contributed by atoms with E-state index in [4.69, 9.17) is 23.7 Å². The molecule has 2 N–H and O–H groups in total. The SMILES string of the molecule is CC[C@H]1O[C@]2(CC[C@@H]1C)C[C@@H]1C[C@@H](C/C=C(\C)C[C@@H](C)/C=C/C=C3\[C@@H](OC(C)C)O[C@@H]4[C@H](O)C(C)=C[C@@H](C(=O)O1)[C@]34O)O2. The molecule has 240 valence electrons. The Morgan fingerprint density at radius 1 is 1.16 bits per heavy atom. The molecule has 3 saturated heterocycles. The number of aliphatic hydroxyl groups is 2. The van der Waals surface area contributed by atoms with Crippen LogP contribution in [0.3, 0.4) is 0 Å². The van der Waals surface area contributed by atoms with Gasteiger partial charge >= 0.3 is 5.97 Å². The van der Waals surface area contributed by atoms with Crippen LogP contribution in [0.25, 0.3) is 0 Å². The summed E-state index contributed by atoms with van der Waals surface area (Å²) in [5.41, 5.74) is 0.383. The van der Waals surface area contributed by atoms with Crippen molar-refractivity contribution in [3.8, 4) is 0 Å². The van der Waals surface area contributed by atoms with E-state index in [1.165, 1.54) is 5.57 Å². The van der Waals surface area contributed by atoms with Crippen LogP contribution in [0, 0.1) is 17.8 Å². The van der Waals surface area contributed by atoms with Gasteiger partial charge in [-0.3, -0.25) is 4.79 Å². The van der Waals surface area contributed by atoms with Crippen molar-refractivity contribution < 1.29 is 38.7 Å². The lowest BCUT2D eigenvalue weighted by molar-refractivity contribution is -0.335. The van der Waals surface area contributed by atoms with Crippen molar-refractivity contribution in [3.63, 3.8) is 0 Å². The van der Waals surface area contributed by atoms with Gasteiger partial charge in [-0.25, -0.2) is 0 Å². The highest BCUT2D eigenvalue weighted by molar-refractivity contribution is 5.78. The van der Waals surface area contributed by atoms with Crippen LogP contribution in [-0.2, 0) is 28.5 Å². The van der Waals surface area contributed by atoms with Crippen LogP contribution in [0.2, 0.25) is 0 Å². The fourth-order valence-corrected chi connectivity index (χ4v) is 7.62. The molecule has 43 heavy (non-hydrogen) atoms. The maximum Gasteiger partial charge on any atom is 0.316 e. The predicted octanol–water partition coefficient (Wildman–Crippen LogP) is 5.68. The summed E-state index contributed by atoms with van der Waals surface area (Å²) in [6, 6.07) is 0. The first kappa shape index (κ1) is 32.6. The molecule has 0 aromatic heterocycles. The Morgan fingerprint density at radius 3 is 2.65 bits per heavy atom. The van der Waals surface area contributed by atoms with E-state index >= 15 is 0 Å². The van der Waals surface area contributed by atoms with Gasteiger partial charge in [0.1, 0.15) is 29.8 Å². The summed E-state index contributed by atoms with van der Waals surface area (Å²) >= 11 is 0. The quantitative estimate of drug-likeness (QED) is 0.315. The minimum absolute atomic E-state index is 0.0831. The highest BCUT2D eigenvalue weighted by Gasteiger charge is 2.63. The summed E-state index contributed by atoms with van der Waals surface area (Å²) < 4.78 is 32.0. The van der Waals surface area contributed by atoms with Gasteiger partial charge in [-0.2, -0.15) is 0 Å². The number of allylic oxidation sites excluding steroid dienone is 4. The third-order valence-electron chi connectivity index (χ3n) is 9.93. The second-order valence-corrected chi connectivity index (χ2v) is 13.9. The number of aliphatic hydroxyl groups excluding tert-OH is 1. The molecule has 0 amide bonds. The monoisotopic (exact) mass is 600 g/mol. The minimum Gasteiger partial charge on any atom is -0.462 e. The summed E-state index contributed by atoms with van der Waals surface area (Å²) in [6.07, 6.45) is 11.0. The van der Waals surface area contributed by atoms with Crippen molar-refractivity contribution in [1.29, 1.82) is 0 Å². The van der Waals surface area contributed by atoms with Crippen LogP contribution in [0.1, 0.15) is 93.4 Å². The van der Waals surface area contributed by atoms with Gasteiger partial charge in [0.15, 0.2) is 12.1 Å². The van der Waals surface area contributed by atoms with E-state index in [0.717, 1.165) is 25.7 Å². The van der Waals surface area contributed by atoms with Crippen LogP contribution in [0.5, 0.6) is 0 Å². The van der Waals surface area contributed by atoms with Crippen LogP contribution in [0.15, 0.2) is 47.1 Å². The number of carbonyl (C=O) groups is 1. The molecule has 3 fully saturated rings. The third kappa shape index (κ3) is 6.61. The average Bonchev–Trinajstić information content (AvgIpc) is 3.21. The molecule has 4 aliphatic heterocycles. The van der Waals surface area contributed by atoms with Gasteiger partial charge in [-0.1, -0.05) is 56.7 Å². The molecule has 0 aromatic rings. The van der Waals surface area contributed by atoms with Crippen molar-refractivity contribution in [2.24, 2.45) is 17.8 Å². The van der Waals surface area contributed by atoms with Crippen LogP contribution >= 0.6 is 0 Å². The Bertz CT molecular complexity index is 1150. The summed E-state index contributed by atoms with van der Waals surface area (Å²) in [7, 11) is 0. The third-order valence-corrected chi connectivity index (χ3v) is 9.93. The van der Waals surface area contributed by atoms with Crippen LogP contribution in [0.4, 0.5) is 0 Å². The Labute approximate surface area is 257 Å². The number of rotatable bonds is 3. The number of esters is 1. The van der Waals surface area contributed by atoms with Gasteiger partial charge in [0.05, 0.1) is 18.3 Å². The molecule has 4 heterocycles. The van der Waals surface area contributed by atoms with Gasteiger partial charge in [-0.15, -0.1) is 0 Å². The van der Waals surface area contributed by atoms with E-state index in [1.807, 2.05) is 19.9 Å². The molecular weight excluding hydrogens is 548 g/mol. The zero-order valence-electron chi connectivity index (χ0n) is 27.0. The molecule has 2 bridgehead atoms. The number of ether oxygens (including phenoxy) is 5. The molecule has 5 aliphatic rings. The molecule has 8 heteroatoms. The maximum absolute atomic E-state index is 14.2. The lowest BCUT2D eigenvalue weighted by atomic mass is 9.70. The summed E-state index contributed by atoms with van der Waals surface area (Å²) in [6.45, 7) is 14.2. The van der Waals surface area contributed by atoms with Crippen LogP contribution < -0.4 is 0 Å². The molecule has 0 saturated carbocycles. The summed E-state index contributed by atoms with van der Waals surface area (Å²) in [5, 5.41) is 23.6. The number of fused-ring (bicyclic) bond motifs is 2. The van der Waals surface area contributed by atoms with Crippen molar-refractivity contribution in [2.75, 3.05) is 0 Å². The Hall–Kier alpha value is -1.81. The maximum atomic E-state index is 14.2. The van der Waals surface area contributed by atoms with Gasteiger partial charge in [0.2, 0.25) is 0 Å². The predicted molar refractivity (Wildman–Crippen MR) is 163 cm³/mol. The van der Waals surface area contributed by atoms with Crippen LogP contribution in [-0.4, -0.2) is 70.5 Å². The molecule has 5 rings (SSSR count). The van der Waals surface area contributed by atoms with E-state index < -0.39 is 47.9 Å².